The molecular formula is C25H25N3O6. The van der Waals surface area contributed by atoms with Gasteiger partial charge >= 0.3 is 11.9 Å². The summed E-state index contributed by atoms with van der Waals surface area (Å²) in [5.41, 5.74) is 2.62. The molecule has 176 valence electrons. The zero-order chi connectivity index (χ0) is 24.6. The van der Waals surface area contributed by atoms with Crippen LogP contribution < -0.4 is 0 Å². The van der Waals surface area contributed by atoms with Gasteiger partial charge in [-0.1, -0.05) is 12.1 Å². The Hall–Kier alpha value is -4.01. The molecule has 0 saturated carbocycles. The van der Waals surface area contributed by atoms with E-state index in [2.05, 4.69) is 4.99 Å². The van der Waals surface area contributed by atoms with Gasteiger partial charge in [0.2, 0.25) is 0 Å². The van der Waals surface area contributed by atoms with Crippen molar-refractivity contribution in [1.29, 1.82) is 0 Å². The van der Waals surface area contributed by atoms with E-state index in [9.17, 15) is 19.2 Å². The number of allylic oxidation sites excluding steroid dienone is 1. The van der Waals surface area contributed by atoms with Crippen molar-refractivity contribution in [3.63, 3.8) is 0 Å². The van der Waals surface area contributed by atoms with Crippen LogP contribution in [0.25, 0.3) is 0 Å². The molecule has 3 heterocycles. The molecule has 0 saturated heterocycles. The van der Waals surface area contributed by atoms with Crippen LogP contribution in [0.5, 0.6) is 0 Å². The van der Waals surface area contributed by atoms with Crippen LogP contribution in [-0.4, -0.2) is 59.2 Å². The van der Waals surface area contributed by atoms with Gasteiger partial charge in [0.1, 0.15) is 12.5 Å². The Labute approximate surface area is 196 Å². The van der Waals surface area contributed by atoms with E-state index in [0.29, 0.717) is 22.5 Å². The number of aromatic nitrogens is 1. The monoisotopic (exact) mass is 463 g/mol. The van der Waals surface area contributed by atoms with Crippen LogP contribution in [-0.2, 0) is 26.1 Å². The van der Waals surface area contributed by atoms with Crippen LogP contribution in [0.2, 0.25) is 0 Å². The Morgan fingerprint density at radius 3 is 2.24 bits per heavy atom. The maximum Gasteiger partial charge on any atom is 0.336 e. The number of benzene rings is 1. The Morgan fingerprint density at radius 2 is 1.68 bits per heavy atom. The molecule has 2 unspecified atom stereocenters. The number of aryl methyl sites for hydroxylation is 1. The Bertz CT molecular complexity index is 1220. The van der Waals surface area contributed by atoms with Gasteiger partial charge in [-0.3, -0.25) is 24.3 Å². The summed E-state index contributed by atoms with van der Waals surface area (Å²) in [6, 6.07) is 10.2. The van der Waals surface area contributed by atoms with Crippen molar-refractivity contribution in [3.05, 3.63) is 70.7 Å². The number of hydrogen-bond donors (Lipinski definition) is 0. The summed E-state index contributed by atoms with van der Waals surface area (Å²) in [6.07, 6.45) is 1.82. The molecule has 1 aromatic heterocycles. The molecule has 1 aromatic carbocycles. The summed E-state index contributed by atoms with van der Waals surface area (Å²) in [4.78, 5) is 56.5. The van der Waals surface area contributed by atoms with E-state index in [4.69, 9.17) is 9.47 Å². The van der Waals surface area contributed by atoms with E-state index in [1.54, 1.807) is 38.1 Å². The highest BCUT2D eigenvalue weighted by molar-refractivity contribution is 6.21. The number of aliphatic imine (C=N–C) groups is 1. The summed E-state index contributed by atoms with van der Waals surface area (Å²) < 4.78 is 12.3. The Balaban J connectivity index is 1.56. The minimum Gasteiger partial charge on any atom is -0.468 e. The third-order valence-electron chi connectivity index (χ3n) is 6.23. The number of esters is 2. The van der Waals surface area contributed by atoms with E-state index >= 15 is 0 Å². The molecule has 0 fully saturated rings. The molecule has 9 nitrogen and oxygen atoms in total. The molecule has 2 aliphatic heterocycles. The number of imide groups is 1. The molecule has 2 aliphatic rings. The van der Waals surface area contributed by atoms with Gasteiger partial charge in [-0.05, 0) is 38.1 Å². The highest BCUT2D eigenvalue weighted by Crippen LogP contribution is 2.40. The molecule has 0 N–H and O–H groups in total. The van der Waals surface area contributed by atoms with Crippen LogP contribution in [0.4, 0.5) is 0 Å². The fraction of sp³-hybridized carbons (Fsp3) is 0.320. The van der Waals surface area contributed by atoms with Gasteiger partial charge in [0.15, 0.2) is 0 Å². The van der Waals surface area contributed by atoms with E-state index < -0.39 is 35.6 Å². The lowest BCUT2D eigenvalue weighted by atomic mass is 9.77. The molecule has 0 aliphatic carbocycles. The zero-order valence-corrected chi connectivity index (χ0v) is 19.4. The second kappa shape index (κ2) is 9.09. The quantitative estimate of drug-likeness (QED) is 0.481. The fourth-order valence-corrected chi connectivity index (χ4v) is 4.60. The molecule has 2 atom stereocenters. The Kier molecular flexibility index (Phi) is 6.19. The molecule has 0 bridgehead atoms. The normalized spacial score (nSPS) is 19.8. The third kappa shape index (κ3) is 3.83. The van der Waals surface area contributed by atoms with Crippen LogP contribution in [0.3, 0.4) is 0 Å². The lowest BCUT2D eigenvalue weighted by molar-refractivity contribution is -0.144. The molecule has 34 heavy (non-hydrogen) atoms. The molecule has 4 rings (SSSR count). The van der Waals surface area contributed by atoms with Gasteiger partial charge in [-0.25, -0.2) is 4.79 Å². The molecule has 0 radical (unpaired) electrons. The summed E-state index contributed by atoms with van der Waals surface area (Å²) in [7, 11) is 3.12. The van der Waals surface area contributed by atoms with Gasteiger partial charge in [0.05, 0.1) is 36.3 Å². The van der Waals surface area contributed by atoms with Crippen molar-refractivity contribution in [2.45, 2.75) is 19.8 Å². The van der Waals surface area contributed by atoms with Gasteiger partial charge in [-0.2, -0.15) is 0 Å². The first-order valence-corrected chi connectivity index (χ1v) is 10.8. The first kappa shape index (κ1) is 23.2. The van der Waals surface area contributed by atoms with Gasteiger partial charge < -0.3 is 14.0 Å². The molecule has 9 heteroatoms. The van der Waals surface area contributed by atoms with Gasteiger partial charge in [0, 0.05) is 30.3 Å². The largest absolute Gasteiger partial charge is 0.468 e. The number of methoxy groups -OCH3 is 1. The smallest absolute Gasteiger partial charge is 0.336 e. The van der Waals surface area contributed by atoms with Crippen LogP contribution in [0, 0.1) is 5.92 Å². The summed E-state index contributed by atoms with van der Waals surface area (Å²) >= 11 is 0. The fourth-order valence-electron chi connectivity index (χ4n) is 4.60. The second-order valence-corrected chi connectivity index (χ2v) is 8.22. The summed E-state index contributed by atoms with van der Waals surface area (Å²) in [5.74, 6) is -3.45. The van der Waals surface area contributed by atoms with E-state index in [0.717, 1.165) is 10.6 Å². The summed E-state index contributed by atoms with van der Waals surface area (Å²) in [5, 5.41) is 0. The SMILES string of the molecule is COC(=O)C1C(C)=NC(C)=C(C(=O)OCCN2C(=O)c3ccccc3C2=O)C1c1cccn1C. The standard InChI is InChI=1S/C25H25N3O6/c1-14-19(24(31)33-4)21(18-10-7-11-27(18)3)20(15(2)26-14)25(32)34-13-12-28-22(29)16-8-5-6-9-17(16)23(28)30/h5-11,19,21H,12-13H2,1-4H3. The first-order valence-electron chi connectivity index (χ1n) is 10.8. The predicted molar refractivity (Wildman–Crippen MR) is 122 cm³/mol. The van der Waals surface area contributed by atoms with Crippen LogP contribution in [0.15, 0.2) is 58.9 Å². The molecule has 2 amide bonds. The van der Waals surface area contributed by atoms with Crippen LogP contribution in [0.1, 0.15) is 46.2 Å². The van der Waals surface area contributed by atoms with Crippen molar-refractivity contribution in [1.82, 2.24) is 9.47 Å². The highest BCUT2D eigenvalue weighted by atomic mass is 16.5. The average molecular weight is 463 g/mol. The average Bonchev–Trinajstić information content (AvgIpc) is 3.34. The molecule has 2 aromatic rings. The lowest BCUT2D eigenvalue weighted by Crippen LogP contribution is -2.38. The van der Waals surface area contributed by atoms with E-state index in [1.807, 2.05) is 29.9 Å². The number of carbonyl (C=O) groups excluding carboxylic acids is 4. The maximum absolute atomic E-state index is 13.2. The predicted octanol–water partition coefficient (Wildman–Crippen LogP) is 2.49. The third-order valence-corrected chi connectivity index (χ3v) is 6.23. The van der Waals surface area contributed by atoms with Crippen molar-refractivity contribution in [2.24, 2.45) is 18.0 Å². The number of hydrogen-bond acceptors (Lipinski definition) is 7. The lowest BCUT2D eigenvalue weighted by Gasteiger charge is -2.31. The van der Waals surface area contributed by atoms with Crippen molar-refractivity contribution in [2.75, 3.05) is 20.3 Å². The first-order chi connectivity index (χ1) is 16.3. The number of nitrogens with zero attached hydrogens (tertiary/aromatic N) is 3. The molecule has 0 spiro atoms. The van der Waals surface area contributed by atoms with E-state index in [1.165, 1.54) is 7.11 Å². The van der Waals surface area contributed by atoms with Crippen molar-refractivity contribution >= 4 is 29.5 Å². The van der Waals surface area contributed by atoms with Crippen LogP contribution >= 0.6 is 0 Å². The van der Waals surface area contributed by atoms with Gasteiger partial charge in [-0.15, -0.1) is 0 Å². The second-order valence-electron chi connectivity index (χ2n) is 8.22. The molecular weight excluding hydrogens is 438 g/mol. The van der Waals surface area contributed by atoms with Crippen molar-refractivity contribution < 1.29 is 28.7 Å². The minimum absolute atomic E-state index is 0.0814. The van der Waals surface area contributed by atoms with E-state index in [-0.39, 0.29) is 18.7 Å². The number of ether oxygens (including phenoxy) is 2. The number of carbonyl (C=O) groups is 4. The Morgan fingerprint density at radius 1 is 1.03 bits per heavy atom. The van der Waals surface area contributed by atoms with Gasteiger partial charge in [0.25, 0.3) is 11.8 Å². The zero-order valence-electron chi connectivity index (χ0n) is 19.4. The number of rotatable bonds is 6. The number of amides is 2. The summed E-state index contributed by atoms with van der Waals surface area (Å²) in [6.45, 7) is 3.15. The highest BCUT2D eigenvalue weighted by Gasteiger charge is 2.43. The minimum atomic E-state index is -0.791. The van der Waals surface area contributed by atoms with Crippen molar-refractivity contribution in [3.8, 4) is 0 Å². The maximum atomic E-state index is 13.2. The number of fused-ring (bicyclic) bond motifs is 1. The topological polar surface area (TPSA) is 107 Å².